The number of rotatable bonds is 9. The molecule has 3 nitrogen and oxygen atoms in total. The zero-order valence-electron chi connectivity index (χ0n) is 10.6. The molecule has 0 amide bonds. The molecule has 0 aromatic heterocycles. The molecule has 94 valence electrons. The Bertz CT molecular complexity index is 298. The van der Waals surface area contributed by atoms with Crippen LogP contribution in [0, 0.1) is 0 Å². The smallest absolute Gasteiger partial charge is 0.119 e. The largest absolute Gasteiger partial charge is 0.379 e. The number of unbranched alkanes of at least 4 members (excludes halogenated alkanes) is 5. The van der Waals surface area contributed by atoms with Crippen molar-refractivity contribution in [2.75, 3.05) is 6.61 Å². The number of hydrogen-bond acceptors (Lipinski definition) is 3. The van der Waals surface area contributed by atoms with Crippen LogP contribution in [0.25, 0.3) is 0 Å². The van der Waals surface area contributed by atoms with E-state index in [0.29, 0.717) is 6.61 Å². The van der Waals surface area contributed by atoms with Gasteiger partial charge in [-0.25, -0.2) is 0 Å². The van der Waals surface area contributed by atoms with Crippen molar-refractivity contribution < 1.29 is 4.84 Å². The molecular weight excluding hydrogens is 212 g/mol. The first-order valence-corrected chi connectivity index (χ1v) is 6.51. The lowest BCUT2D eigenvalue weighted by molar-refractivity contribution is 0.121. The maximum atomic E-state index is 5.10. The summed E-state index contributed by atoms with van der Waals surface area (Å²) in [5.74, 6) is 0. The van der Waals surface area contributed by atoms with Crippen molar-refractivity contribution >= 4 is 5.69 Å². The van der Waals surface area contributed by atoms with Crippen molar-refractivity contribution in [3.8, 4) is 0 Å². The highest BCUT2D eigenvalue weighted by Crippen LogP contribution is 2.10. The third-order valence-corrected chi connectivity index (χ3v) is 2.56. The quantitative estimate of drug-likeness (QED) is 0.334. The van der Waals surface area contributed by atoms with Gasteiger partial charge in [-0.15, -0.1) is 5.11 Å². The van der Waals surface area contributed by atoms with Crippen LogP contribution in [0.4, 0.5) is 5.69 Å². The number of nitrogens with zero attached hydrogens (tertiary/aromatic N) is 2. The van der Waals surface area contributed by atoms with Gasteiger partial charge in [0.25, 0.3) is 0 Å². The van der Waals surface area contributed by atoms with E-state index < -0.39 is 0 Å². The second-order valence-electron chi connectivity index (χ2n) is 4.12. The molecule has 1 aromatic rings. The fourth-order valence-corrected chi connectivity index (χ4v) is 1.56. The van der Waals surface area contributed by atoms with Gasteiger partial charge < -0.3 is 4.84 Å². The van der Waals surface area contributed by atoms with Crippen LogP contribution in [0.5, 0.6) is 0 Å². The Balaban J connectivity index is 1.95. The fourth-order valence-electron chi connectivity index (χ4n) is 1.56. The first-order valence-electron chi connectivity index (χ1n) is 6.51. The average molecular weight is 234 g/mol. The van der Waals surface area contributed by atoms with Gasteiger partial charge in [-0.05, 0) is 25.0 Å². The Kier molecular flexibility index (Phi) is 7.90. The summed E-state index contributed by atoms with van der Waals surface area (Å²) in [6.07, 6.45) is 7.56. The summed E-state index contributed by atoms with van der Waals surface area (Å²) < 4.78 is 0. The summed E-state index contributed by atoms with van der Waals surface area (Å²) in [4.78, 5) is 5.10. The molecule has 17 heavy (non-hydrogen) atoms. The molecule has 0 bridgehead atoms. The third kappa shape index (κ3) is 7.50. The predicted octanol–water partition coefficient (Wildman–Crippen LogP) is 5.06. The van der Waals surface area contributed by atoms with Gasteiger partial charge in [0, 0.05) is 5.28 Å². The van der Waals surface area contributed by atoms with E-state index in [1.54, 1.807) is 0 Å². The van der Waals surface area contributed by atoms with E-state index in [2.05, 4.69) is 17.3 Å². The molecule has 0 N–H and O–H groups in total. The summed E-state index contributed by atoms with van der Waals surface area (Å²) in [5.41, 5.74) is 0.829. The van der Waals surface area contributed by atoms with Crippen LogP contribution in [-0.2, 0) is 4.84 Å². The Labute approximate surface area is 104 Å². The van der Waals surface area contributed by atoms with E-state index in [9.17, 15) is 0 Å². The molecule has 0 saturated heterocycles. The predicted molar refractivity (Wildman–Crippen MR) is 70.3 cm³/mol. The van der Waals surface area contributed by atoms with E-state index >= 15 is 0 Å². The van der Waals surface area contributed by atoms with E-state index in [1.165, 1.54) is 32.1 Å². The maximum Gasteiger partial charge on any atom is 0.119 e. The van der Waals surface area contributed by atoms with Gasteiger partial charge in [-0.3, -0.25) is 0 Å². The average Bonchev–Trinajstić information content (AvgIpc) is 2.38. The summed E-state index contributed by atoms with van der Waals surface area (Å²) >= 11 is 0. The van der Waals surface area contributed by atoms with Crippen molar-refractivity contribution in [2.24, 2.45) is 10.4 Å². The lowest BCUT2D eigenvalue weighted by Gasteiger charge is -1.99. The van der Waals surface area contributed by atoms with Crippen LogP contribution in [0.3, 0.4) is 0 Å². The third-order valence-electron chi connectivity index (χ3n) is 2.56. The van der Waals surface area contributed by atoms with Gasteiger partial charge in [0.1, 0.15) is 6.61 Å². The Morgan fingerprint density at radius 1 is 0.941 bits per heavy atom. The number of hydrogen-bond donors (Lipinski definition) is 0. The van der Waals surface area contributed by atoms with Gasteiger partial charge in [0.15, 0.2) is 0 Å². The monoisotopic (exact) mass is 234 g/mol. The fraction of sp³-hybridized carbons (Fsp3) is 0.571. The molecule has 0 radical (unpaired) electrons. The Hall–Kier alpha value is -1.38. The van der Waals surface area contributed by atoms with E-state index in [-0.39, 0.29) is 0 Å². The van der Waals surface area contributed by atoms with Gasteiger partial charge in [-0.1, -0.05) is 50.8 Å². The van der Waals surface area contributed by atoms with Crippen LogP contribution < -0.4 is 0 Å². The molecular formula is C14H22N2O. The summed E-state index contributed by atoms with van der Waals surface area (Å²) in [5, 5.41) is 7.66. The lowest BCUT2D eigenvalue weighted by atomic mass is 10.1. The van der Waals surface area contributed by atoms with Crippen LogP contribution in [0.2, 0.25) is 0 Å². The molecule has 3 heteroatoms. The van der Waals surface area contributed by atoms with Crippen molar-refractivity contribution in [3.05, 3.63) is 30.3 Å². The standard InChI is InChI=1S/C14H22N2O/c1-2-3-4-5-6-10-13-17-16-15-14-11-8-7-9-12-14/h7-9,11-12H,2-6,10,13H2,1H3. The summed E-state index contributed by atoms with van der Waals surface area (Å²) in [6.45, 7) is 2.90. The van der Waals surface area contributed by atoms with Crippen LogP contribution in [0.1, 0.15) is 45.4 Å². The van der Waals surface area contributed by atoms with Gasteiger partial charge in [-0.2, -0.15) is 0 Å². The summed E-state index contributed by atoms with van der Waals surface area (Å²) in [7, 11) is 0. The Morgan fingerprint density at radius 3 is 2.41 bits per heavy atom. The SMILES string of the molecule is CCCCCCCCON=Nc1ccccc1. The molecule has 1 aromatic carbocycles. The molecule has 1 rings (SSSR count). The Morgan fingerprint density at radius 2 is 1.65 bits per heavy atom. The molecule has 0 fully saturated rings. The van der Waals surface area contributed by atoms with E-state index in [0.717, 1.165) is 12.1 Å². The maximum absolute atomic E-state index is 5.10. The highest BCUT2D eigenvalue weighted by atomic mass is 16.6. The van der Waals surface area contributed by atoms with Crippen molar-refractivity contribution in [3.63, 3.8) is 0 Å². The van der Waals surface area contributed by atoms with E-state index in [4.69, 9.17) is 4.84 Å². The normalized spacial score (nSPS) is 10.9. The molecule has 0 aliphatic rings. The minimum absolute atomic E-state index is 0.669. The van der Waals surface area contributed by atoms with Gasteiger partial charge in [0.2, 0.25) is 0 Å². The minimum Gasteiger partial charge on any atom is -0.379 e. The minimum atomic E-state index is 0.669. The topological polar surface area (TPSA) is 34.0 Å². The van der Waals surface area contributed by atoms with Crippen LogP contribution in [0.15, 0.2) is 40.7 Å². The molecule has 0 spiro atoms. The summed E-state index contributed by atoms with van der Waals surface area (Å²) in [6, 6.07) is 9.62. The van der Waals surface area contributed by atoms with Crippen molar-refractivity contribution in [1.29, 1.82) is 0 Å². The zero-order valence-corrected chi connectivity index (χ0v) is 10.6. The lowest BCUT2D eigenvalue weighted by Crippen LogP contribution is -1.87. The first-order chi connectivity index (χ1) is 8.43. The molecule has 0 heterocycles. The van der Waals surface area contributed by atoms with E-state index in [1.807, 2.05) is 30.3 Å². The van der Waals surface area contributed by atoms with Gasteiger partial charge in [0.05, 0.1) is 5.69 Å². The molecule has 0 unspecified atom stereocenters. The highest BCUT2D eigenvalue weighted by Gasteiger charge is 1.90. The highest BCUT2D eigenvalue weighted by molar-refractivity contribution is 5.34. The van der Waals surface area contributed by atoms with Crippen molar-refractivity contribution in [1.82, 2.24) is 0 Å². The van der Waals surface area contributed by atoms with Gasteiger partial charge >= 0.3 is 0 Å². The van der Waals surface area contributed by atoms with Crippen molar-refractivity contribution in [2.45, 2.75) is 45.4 Å². The van der Waals surface area contributed by atoms with Crippen LogP contribution >= 0.6 is 0 Å². The second kappa shape index (κ2) is 9.82. The molecule has 0 saturated carbocycles. The number of benzene rings is 1. The molecule has 0 aliphatic heterocycles. The second-order valence-corrected chi connectivity index (χ2v) is 4.12. The van der Waals surface area contributed by atoms with Crippen LogP contribution in [-0.4, -0.2) is 6.61 Å². The molecule has 0 atom stereocenters. The first kappa shape index (κ1) is 13.7. The molecule has 0 aliphatic carbocycles. The zero-order chi connectivity index (χ0) is 12.2.